The minimum Gasteiger partial charge on any atom is -0.467 e. The summed E-state index contributed by atoms with van der Waals surface area (Å²) in [5.41, 5.74) is 2.52. The van der Waals surface area contributed by atoms with E-state index in [9.17, 15) is 4.79 Å². The molecule has 0 fully saturated rings. The summed E-state index contributed by atoms with van der Waals surface area (Å²) in [6, 6.07) is 11.1. The number of rotatable bonds is 8. The van der Waals surface area contributed by atoms with Gasteiger partial charge in [-0.05, 0) is 36.8 Å². The predicted octanol–water partition coefficient (Wildman–Crippen LogP) is 4.24. The standard InChI is InChI=1S/C20H18N4O3S2/c1-13-22-16(12-28-13)9-18-23-24-20(27-18)29-11-14-4-2-5-15(8-14)19(25)21-10-17-6-3-7-26-17/h2-8,12H,9-11H2,1H3,(H,21,25). The van der Waals surface area contributed by atoms with Crippen LogP contribution in [0.3, 0.4) is 0 Å². The van der Waals surface area contributed by atoms with E-state index in [1.54, 1.807) is 29.7 Å². The molecular weight excluding hydrogens is 408 g/mol. The summed E-state index contributed by atoms with van der Waals surface area (Å²) in [4.78, 5) is 16.7. The molecule has 0 atom stereocenters. The molecule has 0 aliphatic rings. The van der Waals surface area contributed by atoms with Crippen molar-refractivity contribution in [2.75, 3.05) is 0 Å². The van der Waals surface area contributed by atoms with Crippen LogP contribution >= 0.6 is 23.1 Å². The Morgan fingerprint density at radius 2 is 2.17 bits per heavy atom. The summed E-state index contributed by atoms with van der Waals surface area (Å²) in [5.74, 6) is 1.73. The molecule has 29 heavy (non-hydrogen) atoms. The van der Waals surface area contributed by atoms with Gasteiger partial charge in [-0.1, -0.05) is 23.9 Å². The van der Waals surface area contributed by atoms with Crippen molar-refractivity contribution in [2.45, 2.75) is 30.9 Å². The van der Waals surface area contributed by atoms with E-state index >= 15 is 0 Å². The molecule has 0 radical (unpaired) electrons. The summed E-state index contributed by atoms with van der Waals surface area (Å²) in [6.45, 7) is 2.32. The van der Waals surface area contributed by atoms with Gasteiger partial charge >= 0.3 is 0 Å². The van der Waals surface area contributed by atoms with Crippen molar-refractivity contribution in [3.8, 4) is 0 Å². The van der Waals surface area contributed by atoms with Gasteiger partial charge in [-0.3, -0.25) is 4.79 Å². The molecule has 3 heterocycles. The number of thioether (sulfide) groups is 1. The van der Waals surface area contributed by atoms with Crippen LogP contribution in [0, 0.1) is 6.92 Å². The number of furan rings is 1. The van der Waals surface area contributed by atoms with Gasteiger partial charge in [0, 0.05) is 16.7 Å². The average molecular weight is 427 g/mol. The van der Waals surface area contributed by atoms with Crippen molar-refractivity contribution < 1.29 is 13.6 Å². The zero-order valence-corrected chi connectivity index (χ0v) is 17.3. The van der Waals surface area contributed by atoms with Crippen LogP contribution in [0.25, 0.3) is 0 Å². The normalized spacial score (nSPS) is 10.9. The number of nitrogens with one attached hydrogen (secondary N) is 1. The molecule has 0 unspecified atom stereocenters. The first-order valence-corrected chi connectivity index (χ1v) is 10.8. The minimum atomic E-state index is -0.146. The second-order valence-electron chi connectivity index (χ2n) is 6.25. The fraction of sp³-hybridized carbons (Fsp3) is 0.200. The maximum atomic E-state index is 12.3. The Hall–Kier alpha value is -2.91. The molecule has 0 aliphatic heterocycles. The van der Waals surface area contributed by atoms with E-state index < -0.39 is 0 Å². The molecule has 7 nitrogen and oxygen atoms in total. The van der Waals surface area contributed by atoms with E-state index in [-0.39, 0.29) is 5.91 Å². The Morgan fingerprint density at radius 3 is 2.97 bits per heavy atom. The lowest BCUT2D eigenvalue weighted by atomic mass is 10.1. The zero-order valence-electron chi connectivity index (χ0n) is 15.6. The van der Waals surface area contributed by atoms with Crippen molar-refractivity contribution in [2.24, 2.45) is 0 Å². The lowest BCUT2D eigenvalue weighted by molar-refractivity contribution is 0.0948. The van der Waals surface area contributed by atoms with Gasteiger partial charge in [-0.15, -0.1) is 21.5 Å². The summed E-state index contributed by atoms with van der Waals surface area (Å²) in [6.07, 6.45) is 2.11. The summed E-state index contributed by atoms with van der Waals surface area (Å²) >= 11 is 3.04. The molecule has 0 aliphatic carbocycles. The van der Waals surface area contributed by atoms with E-state index in [1.807, 2.05) is 36.6 Å². The van der Waals surface area contributed by atoms with E-state index in [0.717, 1.165) is 16.3 Å². The molecule has 3 aromatic heterocycles. The van der Waals surface area contributed by atoms with Crippen molar-refractivity contribution >= 4 is 29.0 Å². The maximum absolute atomic E-state index is 12.3. The molecule has 0 saturated heterocycles. The summed E-state index contributed by atoms with van der Waals surface area (Å²) in [5, 5.41) is 14.5. The third-order valence-corrected chi connectivity index (χ3v) is 5.71. The lowest BCUT2D eigenvalue weighted by Gasteiger charge is -2.05. The average Bonchev–Trinajstić information content (AvgIpc) is 3.48. The predicted molar refractivity (Wildman–Crippen MR) is 110 cm³/mol. The minimum absolute atomic E-state index is 0.146. The van der Waals surface area contributed by atoms with Crippen molar-refractivity contribution in [1.29, 1.82) is 0 Å². The molecular formula is C20H18N4O3S2. The smallest absolute Gasteiger partial charge is 0.276 e. The van der Waals surface area contributed by atoms with Gasteiger partial charge in [-0.25, -0.2) is 4.98 Å². The van der Waals surface area contributed by atoms with Crippen LogP contribution < -0.4 is 5.32 Å². The third-order valence-electron chi connectivity index (χ3n) is 4.00. The topological polar surface area (TPSA) is 94.0 Å². The van der Waals surface area contributed by atoms with E-state index in [1.165, 1.54) is 11.8 Å². The van der Waals surface area contributed by atoms with E-state index in [0.29, 0.717) is 41.2 Å². The quantitative estimate of drug-likeness (QED) is 0.421. The highest BCUT2D eigenvalue weighted by molar-refractivity contribution is 7.98. The molecule has 9 heteroatoms. The Bertz CT molecular complexity index is 1090. The number of hydrogen-bond donors (Lipinski definition) is 1. The van der Waals surface area contributed by atoms with Crippen LogP contribution in [-0.2, 0) is 18.7 Å². The van der Waals surface area contributed by atoms with Crippen LogP contribution in [0.5, 0.6) is 0 Å². The molecule has 1 N–H and O–H groups in total. The first kappa shape index (κ1) is 19.4. The second-order valence-corrected chi connectivity index (χ2v) is 8.24. The third kappa shape index (κ3) is 5.33. The number of aromatic nitrogens is 3. The Labute approximate surface area is 175 Å². The number of thiazole rings is 1. The van der Waals surface area contributed by atoms with Crippen molar-refractivity contribution in [3.63, 3.8) is 0 Å². The van der Waals surface area contributed by atoms with Gasteiger partial charge < -0.3 is 14.2 Å². The molecule has 0 spiro atoms. The van der Waals surface area contributed by atoms with Crippen LogP contribution in [0.1, 0.15) is 38.3 Å². The summed E-state index contributed by atoms with van der Waals surface area (Å²) < 4.78 is 10.9. The van der Waals surface area contributed by atoms with Crippen molar-refractivity contribution in [3.05, 3.63) is 81.5 Å². The lowest BCUT2D eigenvalue weighted by Crippen LogP contribution is -2.22. The molecule has 148 valence electrons. The second kappa shape index (κ2) is 9.06. The van der Waals surface area contributed by atoms with Crippen LogP contribution in [0.15, 0.2) is 62.1 Å². The van der Waals surface area contributed by atoms with Gasteiger partial charge in [0.2, 0.25) is 5.89 Å². The molecule has 1 aromatic carbocycles. The molecule has 0 saturated carbocycles. The number of carbonyl (C=O) groups is 1. The molecule has 0 bridgehead atoms. The van der Waals surface area contributed by atoms with E-state index in [2.05, 4.69) is 20.5 Å². The van der Waals surface area contributed by atoms with Gasteiger partial charge in [0.1, 0.15) is 5.76 Å². The van der Waals surface area contributed by atoms with E-state index in [4.69, 9.17) is 8.83 Å². The number of nitrogens with zero attached hydrogens (tertiary/aromatic N) is 3. The fourth-order valence-corrected chi connectivity index (χ4v) is 3.98. The Kier molecular flexibility index (Phi) is 6.06. The number of aryl methyl sites for hydroxylation is 1. The largest absolute Gasteiger partial charge is 0.467 e. The SMILES string of the molecule is Cc1nc(Cc2nnc(SCc3cccc(C(=O)NCc4ccco4)c3)o2)cs1. The fourth-order valence-electron chi connectivity index (χ4n) is 2.64. The van der Waals surface area contributed by atoms with Crippen LogP contribution in [0.2, 0.25) is 0 Å². The molecule has 4 aromatic rings. The number of amides is 1. The van der Waals surface area contributed by atoms with Gasteiger partial charge in [0.25, 0.3) is 11.1 Å². The highest BCUT2D eigenvalue weighted by Crippen LogP contribution is 2.23. The number of hydrogen-bond acceptors (Lipinski definition) is 8. The Morgan fingerprint density at radius 1 is 1.24 bits per heavy atom. The number of carbonyl (C=O) groups excluding carboxylic acids is 1. The first-order chi connectivity index (χ1) is 14.2. The first-order valence-electron chi connectivity index (χ1n) is 8.91. The van der Waals surface area contributed by atoms with Crippen LogP contribution in [-0.4, -0.2) is 21.1 Å². The van der Waals surface area contributed by atoms with Gasteiger partial charge in [-0.2, -0.15) is 0 Å². The highest BCUT2D eigenvalue weighted by atomic mass is 32.2. The zero-order chi connectivity index (χ0) is 20.1. The number of benzene rings is 1. The Balaban J connectivity index is 1.32. The molecule has 4 rings (SSSR count). The van der Waals surface area contributed by atoms with Gasteiger partial charge in [0.05, 0.1) is 29.9 Å². The summed E-state index contributed by atoms with van der Waals surface area (Å²) in [7, 11) is 0. The molecule has 1 amide bonds. The highest BCUT2D eigenvalue weighted by Gasteiger charge is 2.11. The monoisotopic (exact) mass is 426 g/mol. The maximum Gasteiger partial charge on any atom is 0.276 e. The van der Waals surface area contributed by atoms with Crippen LogP contribution in [0.4, 0.5) is 0 Å². The van der Waals surface area contributed by atoms with Gasteiger partial charge in [0.15, 0.2) is 0 Å². The van der Waals surface area contributed by atoms with Crippen molar-refractivity contribution in [1.82, 2.24) is 20.5 Å².